The fourth-order valence-corrected chi connectivity index (χ4v) is 4.19. The molecule has 0 bridgehead atoms. The Kier molecular flexibility index (Phi) is 8.02. The lowest BCUT2D eigenvalue weighted by molar-refractivity contribution is 0.102. The molecule has 2 aromatic heterocycles. The van der Waals surface area contributed by atoms with Gasteiger partial charge in [-0.25, -0.2) is 4.98 Å². The minimum absolute atomic E-state index is 0.233. The number of carbonyl (C=O) groups is 1. The largest absolute Gasteiger partial charge is 0.506 e. The third-order valence-electron chi connectivity index (χ3n) is 5.26. The average Bonchev–Trinajstić information content (AvgIpc) is 3.25. The zero-order chi connectivity index (χ0) is 21.3. The van der Waals surface area contributed by atoms with Crippen molar-refractivity contribution in [3.63, 3.8) is 0 Å². The van der Waals surface area contributed by atoms with Crippen LogP contribution in [0.1, 0.15) is 68.6 Å². The molecule has 0 aliphatic heterocycles. The normalized spacial score (nSPS) is 11.1. The Labute approximate surface area is 180 Å². The molecule has 0 spiro atoms. The Morgan fingerprint density at radius 3 is 2.50 bits per heavy atom. The van der Waals surface area contributed by atoms with E-state index in [9.17, 15) is 14.7 Å². The van der Waals surface area contributed by atoms with Crippen LogP contribution in [0.5, 0.6) is 5.75 Å². The Morgan fingerprint density at radius 2 is 1.80 bits per heavy atom. The Bertz CT molecular complexity index is 1030. The van der Waals surface area contributed by atoms with Crippen LogP contribution < -0.4 is 10.9 Å². The summed E-state index contributed by atoms with van der Waals surface area (Å²) in [4.78, 5) is 29.9. The van der Waals surface area contributed by atoms with Crippen LogP contribution in [0.15, 0.2) is 40.6 Å². The maximum absolute atomic E-state index is 13.1. The van der Waals surface area contributed by atoms with Crippen LogP contribution in [-0.2, 0) is 6.54 Å². The second-order valence-corrected chi connectivity index (χ2v) is 8.36. The zero-order valence-electron chi connectivity index (χ0n) is 17.4. The lowest BCUT2D eigenvalue weighted by atomic mass is 10.1. The predicted molar refractivity (Wildman–Crippen MR) is 123 cm³/mol. The summed E-state index contributed by atoms with van der Waals surface area (Å²) < 4.78 is 1.61. The van der Waals surface area contributed by atoms with Crippen molar-refractivity contribution in [2.75, 3.05) is 5.32 Å². The van der Waals surface area contributed by atoms with Crippen LogP contribution in [0.3, 0.4) is 0 Å². The molecule has 0 aliphatic carbocycles. The van der Waals surface area contributed by atoms with Crippen molar-refractivity contribution in [2.45, 2.75) is 64.8 Å². The van der Waals surface area contributed by atoms with Crippen LogP contribution in [0, 0.1) is 0 Å². The Balaban J connectivity index is 1.77. The number of aryl methyl sites for hydroxylation is 1. The molecule has 0 saturated heterocycles. The number of pyridine rings is 1. The van der Waals surface area contributed by atoms with E-state index in [1.165, 1.54) is 43.4 Å². The molecule has 2 heterocycles. The van der Waals surface area contributed by atoms with Gasteiger partial charge in [0.2, 0.25) is 0 Å². The molecule has 0 radical (unpaired) electrons. The third kappa shape index (κ3) is 5.27. The van der Waals surface area contributed by atoms with Gasteiger partial charge in [0.15, 0.2) is 5.13 Å². The van der Waals surface area contributed by atoms with Crippen molar-refractivity contribution in [2.24, 2.45) is 0 Å². The number of hydrogen-bond acceptors (Lipinski definition) is 5. The van der Waals surface area contributed by atoms with Crippen molar-refractivity contribution < 1.29 is 9.90 Å². The topological polar surface area (TPSA) is 84.2 Å². The Morgan fingerprint density at radius 1 is 1.10 bits per heavy atom. The molecular formula is C23H29N3O3S. The number of benzene rings is 1. The number of nitrogens with one attached hydrogen (secondary N) is 1. The lowest BCUT2D eigenvalue weighted by Crippen LogP contribution is -2.30. The van der Waals surface area contributed by atoms with Crippen LogP contribution in [0.25, 0.3) is 10.9 Å². The molecule has 7 heteroatoms. The molecule has 160 valence electrons. The van der Waals surface area contributed by atoms with Crippen LogP contribution >= 0.6 is 11.3 Å². The number of anilines is 1. The van der Waals surface area contributed by atoms with E-state index in [-0.39, 0.29) is 11.3 Å². The molecule has 1 amide bonds. The molecule has 0 unspecified atom stereocenters. The summed E-state index contributed by atoms with van der Waals surface area (Å²) in [6.45, 7) is 2.73. The summed E-state index contributed by atoms with van der Waals surface area (Å²) in [7, 11) is 0. The highest BCUT2D eigenvalue weighted by Crippen LogP contribution is 2.27. The monoisotopic (exact) mass is 427 g/mol. The maximum Gasteiger partial charge on any atom is 0.267 e. The number of fused-ring (bicyclic) bond motifs is 1. The number of nitrogens with zero attached hydrogens (tertiary/aromatic N) is 2. The molecule has 0 aliphatic rings. The first-order chi connectivity index (χ1) is 14.6. The van der Waals surface area contributed by atoms with Gasteiger partial charge in [-0.3, -0.25) is 14.9 Å². The minimum atomic E-state index is -0.636. The standard InChI is InChI=1S/C23H29N3O3S/c1-2-3-4-5-6-7-8-11-15-26-18-13-10-9-12-17(18)20(27)19(22(26)29)21(28)25-23-24-14-16-30-23/h9-10,12-14,16,27H,2-8,11,15H2,1H3,(H,24,25,28). The first kappa shape index (κ1) is 22.0. The van der Waals surface area contributed by atoms with E-state index in [0.29, 0.717) is 22.6 Å². The molecule has 2 N–H and O–H groups in total. The predicted octanol–water partition coefficient (Wildman–Crippen LogP) is 5.56. The summed E-state index contributed by atoms with van der Waals surface area (Å²) in [6, 6.07) is 7.16. The lowest BCUT2D eigenvalue weighted by Gasteiger charge is -2.14. The van der Waals surface area contributed by atoms with Gasteiger partial charge in [-0.05, 0) is 18.6 Å². The van der Waals surface area contributed by atoms with Gasteiger partial charge < -0.3 is 9.67 Å². The Hall–Kier alpha value is -2.67. The number of amides is 1. The number of hydrogen-bond donors (Lipinski definition) is 2. The van der Waals surface area contributed by atoms with Crippen LogP contribution in [-0.4, -0.2) is 20.6 Å². The second-order valence-electron chi connectivity index (χ2n) is 7.46. The third-order valence-corrected chi connectivity index (χ3v) is 5.95. The van der Waals surface area contributed by atoms with Gasteiger partial charge >= 0.3 is 0 Å². The summed E-state index contributed by atoms with van der Waals surface area (Å²) in [6.07, 6.45) is 10.9. The quantitative estimate of drug-likeness (QED) is 0.393. The molecule has 0 atom stereocenters. The number of unbranched alkanes of at least 4 members (excludes halogenated alkanes) is 7. The zero-order valence-corrected chi connectivity index (χ0v) is 18.2. The average molecular weight is 428 g/mol. The number of carbonyl (C=O) groups excluding carboxylic acids is 1. The van der Waals surface area contributed by atoms with Crippen molar-refractivity contribution in [3.8, 4) is 5.75 Å². The van der Waals surface area contributed by atoms with Crippen molar-refractivity contribution in [1.82, 2.24) is 9.55 Å². The molecule has 3 aromatic rings. The van der Waals surface area contributed by atoms with E-state index in [1.54, 1.807) is 28.3 Å². The summed E-state index contributed by atoms with van der Waals surface area (Å²) in [5.74, 6) is -0.917. The van der Waals surface area contributed by atoms with E-state index >= 15 is 0 Å². The number of para-hydroxylation sites is 1. The van der Waals surface area contributed by atoms with E-state index in [4.69, 9.17) is 0 Å². The van der Waals surface area contributed by atoms with E-state index < -0.39 is 11.5 Å². The van der Waals surface area contributed by atoms with Crippen molar-refractivity contribution in [3.05, 3.63) is 51.8 Å². The molecule has 30 heavy (non-hydrogen) atoms. The van der Waals surface area contributed by atoms with E-state index in [0.717, 1.165) is 19.3 Å². The van der Waals surface area contributed by atoms with Crippen molar-refractivity contribution in [1.29, 1.82) is 0 Å². The van der Waals surface area contributed by atoms with Gasteiger partial charge in [0, 0.05) is 23.5 Å². The highest BCUT2D eigenvalue weighted by Gasteiger charge is 2.22. The molecule has 0 fully saturated rings. The number of aromatic nitrogens is 2. The van der Waals surface area contributed by atoms with E-state index in [2.05, 4.69) is 17.2 Å². The first-order valence-corrected chi connectivity index (χ1v) is 11.6. The smallest absolute Gasteiger partial charge is 0.267 e. The number of thiazole rings is 1. The fraction of sp³-hybridized carbons (Fsp3) is 0.435. The van der Waals surface area contributed by atoms with Gasteiger partial charge in [0.05, 0.1) is 5.52 Å². The second kappa shape index (κ2) is 10.9. The van der Waals surface area contributed by atoms with Gasteiger partial charge in [-0.15, -0.1) is 11.3 Å². The summed E-state index contributed by atoms with van der Waals surface area (Å²) in [5.41, 5.74) is -0.0552. The fourth-order valence-electron chi connectivity index (χ4n) is 3.66. The van der Waals surface area contributed by atoms with Crippen molar-refractivity contribution >= 4 is 33.3 Å². The number of aromatic hydroxyl groups is 1. The minimum Gasteiger partial charge on any atom is -0.506 e. The molecule has 1 aromatic carbocycles. The first-order valence-electron chi connectivity index (χ1n) is 10.7. The highest BCUT2D eigenvalue weighted by molar-refractivity contribution is 7.13. The SMILES string of the molecule is CCCCCCCCCCn1c(=O)c(C(=O)Nc2nccs2)c(O)c2ccccc21. The van der Waals surface area contributed by atoms with Gasteiger partial charge in [-0.1, -0.05) is 64.0 Å². The molecular weight excluding hydrogens is 398 g/mol. The van der Waals surface area contributed by atoms with Crippen LogP contribution in [0.4, 0.5) is 5.13 Å². The van der Waals surface area contributed by atoms with Gasteiger partial charge in [0.25, 0.3) is 11.5 Å². The van der Waals surface area contributed by atoms with E-state index in [1.807, 2.05) is 12.1 Å². The van der Waals surface area contributed by atoms with Crippen LogP contribution in [0.2, 0.25) is 0 Å². The van der Waals surface area contributed by atoms with Gasteiger partial charge in [0.1, 0.15) is 11.3 Å². The molecule has 0 saturated carbocycles. The van der Waals surface area contributed by atoms with Gasteiger partial charge in [-0.2, -0.15) is 0 Å². The summed E-state index contributed by atoms with van der Waals surface area (Å²) >= 11 is 1.26. The number of rotatable bonds is 11. The maximum atomic E-state index is 13.1. The summed E-state index contributed by atoms with van der Waals surface area (Å²) in [5, 5.41) is 15.9. The molecule has 6 nitrogen and oxygen atoms in total. The molecule has 3 rings (SSSR count). The highest BCUT2D eigenvalue weighted by atomic mass is 32.1.